The van der Waals surface area contributed by atoms with E-state index in [9.17, 15) is 13.6 Å². The largest absolute Gasteiger partial charge is 0.457 e. The summed E-state index contributed by atoms with van der Waals surface area (Å²) in [7, 11) is 3.35. The van der Waals surface area contributed by atoms with Crippen molar-refractivity contribution in [2.45, 2.75) is 0 Å². The van der Waals surface area contributed by atoms with Crippen LogP contribution in [0.3, 0.4) is 0 Å². The molecule has 5 aromatic rings. The molecule has 0 spiro atoms. The number of carbonyl (C=O) groups is 1. The first-order valence-electron chi connectivity index (χ1n) is 10.9. The van der Waals surface area contributed by atoms with Crippen molar-refractivity contribution in [1.29, 1.82) is 0 Å². The summed E-state index contributed by atoms with van der Waals surface area (Å²) >= 11 is 0. The van der Waals surface area contributed by atoms with Gasteiger partial charge in [-0.15, -0.1) is 0 Å². The van der Waals surface area contributed by atoms with Crippen molar-refractivity contribution in [3.8, 4) is 34.5 Å². The molecule has 0 atom stereocenters. The van der Waals surface area contributed by atoms with Crippen LogP contribution in [0.4, 0.5) is 8.78 Å². The molecule has 0 fully saturated rings. The number of H-pyrrole nitrogens is 1. The molecule has 5 rings (SSSR count). The van der Waals surface area contributed by atoms with Gasteiger partial charge in [-0.2, -0.15) is 0 Å². The SMILES string of the molecule is CN(C)C(=O)c1ccc(Oc2cc(Oc3cc(F)ccc3F)c3nc(-c4ccccn4)[nH]c3c2)cc1. The lowest BCUT2D eigenvalue weighted by atomic mass is 10.2. The van der Waals surface area contributed by atoms with Crippen LogP contribution in [0, 0.1) is 11.6 Å². The standard InChI is InChI=1S/C27H20F2N4O3/c1-33(2)27(34)16-6-9-18(10-7-16)35-19-14-22-25(32-26(31-22)21-5-3-4-12-30-21)24(15-19)36-23-13-17(28)8-11-20(23)29/h3-15H,1-2H3,(H,31,32). The van der Waals surface area contributed by atoms with Gasteiger partial charge in [0, 0.05) is 44.1 Å². The Morgan fingerprint density at radius 2 is 1.69 bits per heavy atom. The van der Waals surface area contributed by atoms with E-state index in [-0.39, 0.29) is 17.4 Å². The third-order valence-electron chi connectivity index (χ3n) is 5.29. The molecule has 2 heterocycles. The minimum Gasteiger partial charge on any atom is -0.457 e. The fourth-order valence-electron chi connectivity index (χ4n) is 3.56. The average Bonchev–Trinajstić information content (AvgIpc) is 3.31. The Bertz CT molecular complexity index is 1550. The number of pyridine rings is 1. The molecule has 3 aromatic carbocycles. The van der Waals surface area contributed by atoms with E-state index >= 15 is 0 Å². The van der Waals surface area contributed by atoms with Crippen molar-refractivity contribution in [2.24, 2.45) is 0 Å². The molecule has 7 nitrogen and oxygen atoms in total. The molecule has 2 aromatic heterocycles. The van der Waals surface area contributed by atoms with Crippen LogP contribution in [0.15, 0.2) is 79.0 Å². The number of benzene rings is 3. The Kier molecular flexibility index (Phi) is 6.03. The van der Waals surface area contributed by atoms with Crippen molar-refractivity contribution < 1.29 is 23.0 Å². The van der Waals surface area contributed by atoms with E-state index in [0.29, 0.717) is 39.6 Å². The quantitative estimate of drug-likeness (QED) is 0.310. The molecule has 0 radical (unpaired) electrons. The number of fused-ring (bicyclic) bond motifs is 1. The first-order chi connectivity index (χ1) is 17.4. The van der Waals surface area contributed by atoms with E-state index in [1.807, 2.05) is 6.07 Å². The molecule has 0 saturated heterocycles. The topological polar surface area (TPSA) is 80.3 Å². The average molecular weight is 486 g/mol. The molecule has 0 aliphatic rings. The third kappa shape index (κ3) is 4.72. The number of rotatable bonds is 6. The van der Waals surface area contributed by atoms with Crippen LogP contribution in [-0.4, -0.2) is 39.9 Å². The Morgan fingerprint density at radius 1 is 0.889 bits per heavy atom. The van der Waals surface area contributed by atoms with Crippen molar-refractivity contribution in [3.05, 3.63) is 96.2 Å². The lowest BCUT2D eigenvalue weighted by Crippen LogP contribution is -2.21. The van der Waals surface area contributed by atoms with Gasteiger partial charge in [-0.25, -0.2) is 13.8 Å². The number of halogens is 2. The summed E-state index contributed by atoms with van der Waals surface area (Å²) in [4.78, 5) is 25.7. The maximum absolute atomic E-state index is 14.3. The summed E-state index contributed by atoms with van der Waals surface area (Å²) in [6, 6.07) is 18.3. The summed E-state index contributed by atoms with van der Waals surface area (Å²) in [5, 5.41) is 0. The van der Waals surface area contributed by atoms with Crippen LogP contribution in [0.25, 0.3) is 22.6 Å². The summed E-state index contributed by atoms with van der Waals surface area (Å²) in [5.74, 6) is -0.327. The minimum atomic E-state index is -0.725. The number of nitrogens with one attached hydrogen (secondary N) is 1. The van der Waals surface area contributed by atoms with Gasteiger partial charge in [0.15, 0.2) is 23.1 Å². The number of nitrogens with zero attached hydrogens (tertiary/aromatic N) is 3. The molecule has 9 heteroatoms. The second-order valence-corrected chi connectivity index (χ2v) is 8.12. The predicted octanol–water partition coefficient (Wildman–Crippen LogP) is 6.19. The molecule has 180 valence electrons. The molecule has 0 aliphatic heterocycles. The predicted molar refractivity (Wildman–Crippen MR) is 130 cm³/mol. The molecular formula is C27H20F2N4O3. The van der Waals surface area contributed by atoms with Crippen molar-refractivity contribution in [3.63, 3.8) is 0 Å². The zero-order valence-electron chi connectivity index (χ0n) is 19.3. The van der Waals surface area contributed by atoms with Crippen molar-refractivity contribution in [2.75, 3.05) is 14.1 Å². The summed E-state index contributed by atoms with van der Waals surface area (Å²) in [6.07, 6.45) is 1.64. The van der Waals surface area contributed by atoms with Crippen LogP contribution >= 0.6 is 0 Å². The van der Waals surface area contributed by atoms with Gasteiger partial charge in [0.1, 0.15) is 28.5 Å². The number of aromatic nitrogens is 3. The summed E-state index contributed by atoms with van der Waals surface area (Å²) in [5.41, 5.74) is 2.04. The van der Waals surface area contributed by atoms with Gasteiger partial charge >= 0.3 is 0 Å². The highest BCUT2D eigenvalue weighted by Crippen LogP contribution is 2.37. The highest BCUT2D eigenvalue weighted by Gasteiger charge is 2.17. The van der Waals surface area contributed by atoms with E-state index in [1.165, 1.54) is 11.0 Å². The first-order valence-corrected chi connectivity index (χ1v) is 10.9. The fourth-order valence-corrected chi connectivity index (χ4v) is 3.56. The van der Waals surface area contributed by atoms with Gasteiger partial charge in [-0.1, -0.05) is 6.07 Å². The fraction of sp³-hybridized carbons (Fsp3) is 0.0741. The molecule has 0 bridgehead atoms. The molecule has 0 unspecified atom stereocenters. The second kappa shape index (κ2) is 9.46. The second-order valence-electron chi connectivity index (χ2n) is 8.12. The molecule has 1 N–H and O–H groups in total. The van der Waals surface area contributed by atoms with Gasteiger partial charge in [0.05, 0.1) is 5.52 Å². The van der Waals surface area contributed by atoms with Crippen LogP contribution in [0.5, 0.6) is 23.0 Å². The normalized spacial score (nSPS) is 10.9. The van der Waals surface area contributed by atoms with Crippen molar-refractivity contribution >= 4 is 16.9 Å². The highest BCUT2D eigenvalue weighted by atomic mass is 19.1. The van der Waals surface area contributed by atoms with E-state index in [0.717, 1.165) is 18.2 Å². The van der Waals surface area contributed by atoms with Crippen molar-refractivity contribution in [1.82, 2.24) is 19.9 Å². The Morgan fingerprint density at radius 3 is 2.42 bits per heavy atom. The zero-order valence-corrected chi connectivity index (χ0v) is 19.3. The smallest absolute Gasteiger partial charge is 0.253 e. The number of amides is 1. The third-order valence-corrected chi connectivity index (χ3v) is 5.29. The van der Waals surface area contributed by atoms with E-state index in [1.54, 1.807) is 62.8 Å². The van der Waals surface area contributed by atoms with Crippen LogP contribution in [0.2, 0.25) is 0 Å². The monoisotopic (exact) mass is 486 g/mol. The minimum absolute atomic E-state index is 0.129. The lowest BCUT2D eigenvalue weighted by Gasteiger charge is -2.12. The Labute approximate surface area is 205 Å². The Balaban J connectivity index is 1.55. The van der Waals surface area contributed by atoms with Crippen LogP contribution in [0.1, 0.15) is 10.4 Å². The molecular weight excluding hydrogens is 466 g/mol. The highest BCUT2D eigenvalue weighted by molar-refractivity contribution is 5.94. The number of imidazole rings is 1. The van der Waals surface area contributed by atoms with E-state index in [4.69, 9.17) is 9.47 Å². The molecule has 0 aliphatic carbocycles. The van der Waals surface area contributed by atoms with Gasteiger partial charge in [0.2, 0.25) is 0 Å². The number of hydrogen-bond acceptors (Lipinski definition) is 5. The van der Waals surface area contributed by atoms with Gasteiger partial charge in [-0.3, -0.25) is 9.78 Å². The van der Waals surface area contributed by atoms with Crippen LogP contribution in [-0.2, 0) is 0 Å². The molecule has 0 saturated carbocycles. The summed E-state index contributed by atoms with van der Waals surface area (Å²) in [6.45, 7) is 0. The first kappa shape index (κ1) is 23.0. The van der Waals surface area contributed by atoms with Gasteiger partial charge in [-0.05, 0) is 48.5 Å². The number of carbonyl (C=O) groups excluding carboxylic acids is 1. The van der Waals surface area contributed by atoms with Gasteiger partial charge in [0.25, 0.3) is 5.91 Å². The maximum atomic E-state index is 14.3. The Hall–Kier alpha value is -4.79. The summed E-state index contributed by atoms with van der Waals surface area (Å²) < 4.78 is 39.9. The maximum Gasteiger partial charge on any atom is 0.253 e. The van der Waals surface area contributed by atoms with E-state index < -0.39 is 11.6 Å². The molecule has 36 heavy (non-hydrogen) atoms. The lowest BCUT2D eigenvalue weighted by molar-refractivity contribution is 0.0827. The van der Waals surface area contributed by atoms with Crippen LogP contribution < -0.4 is 9.47 Å². The zero-order chi connectivity index (χ0) is 25.2. The van der Waals surface area contributed by atoms with Gasteiger partial charge < -0.3 is 19.4 Å². The molecule has 1 amide bonds. The van der Waals surface area contributed by atoms with E-state index in [2.05, 4.69) is 15.0 Å². The number of aromatic amines is 1. The number of hydrogen-bond donors (Lipinski definition) is 1. The number of ether oxygens (including phenoxy) is 2.